The molecule has 0 spiro atoms. The van der Waals surface area contributed by atoms with Gasteiger partial charge in [-0.05, 0) is 52.2 Å². The van der Waals surface area contributed by atoms with Crippen LogP contribution in [0.25, 0.3) is 0 Å². The Morgan fingerprint density at radius 2 is 2.16 bits per heavy atom. The first-order valence-electron chi connectivity index (χ1n) is 8.25. The molecule has 7 nitrogen and oxygen atoms in total. The molecule has 1 aliphatic carbocycles. The van der Waals surface area contributed by atoms with Crippen LogP contribution in [0.1, 0.15) is 50.5 Å². The van der Waals surface area contributed by atoms with Gasteiger partial charge < -0.3 is 15.8 Å². The number of rotatable bonds is 2. The molecule has 0 aromatic carbocycles. The third-order valence-electron chi connectivity index (χ3n) is 3.62. The molecule has 0 saturated heterocycles. The number of hydrogen-bond donors (Lipinski definition) is 2. The number of aliphatic imine (C=N–C) groups is 1. The minimum absolute atomic E-state index is 0.288. The highest BCUT2D eigenvalue weighted by Crippen LogP contribution is 2.22. The molecule has 0 aliphatic heterocycles. The van der Waals surface area contributed by atoms with Crippen molar-refractivity contribution < 1.29 is 14.3 Å². The number of ether oxygens (including phenoxy) is 1. The van der Waals surface area contributed by atoms with E-state index in [1.54, 1.807) is 45.2 Å². The van der Waals surface area contributed by atoms with Gasteiger partial charge in [0, 0.05) is 18.0 Å². The summed E-state index contributed by atoms with van der Waals surface area (Å²) in [6.45, 7) is 5.34. The van der Waals surface area contributed by atoms with Crippen molar-refractivity contribution in [1.82, 2.24) is 10.3 Å². The first kappa shape index (κ1) is 18.6. The standard InChI is InChI=1S/C18H24N4O3/c1-18(2,3)25-17(24)22-14-9-6-8-13(12(14)11-19)21-16(23)15-7-4-5-10-20-15/h4-5,7,10-11,13H,6,8-9,19H2,1-3H3,(H,21,23)/b12-11-,22-14+. The normalized spacial score (nSPS) is 21.2. The highest BCUT2D eigenvalue weighted by atomic mass is 16.6. The molecule has 1 saturated carbocycles. The predicted octanol–water partition coefficient (Wildman–Crippen LogP) is 2.58. The van der Waals surface area contributed by atoms with E-state index in [0.717, 1.165) is 12.8 Å². The van der Waals surface area contributed by atoms with Crippen molar-refractivity contribution in [2.45, 2.75) is 51.7 Å². The summed E-state index contributed by atoms with van der Waals surface area (Å²) in [6, 6.07) is 4.82. The Bertz CT molecular complexity index is 690. The predicted molar refractivity (Wildman–Crippen MR) is 95.3 cm³/mol. The Hall–Kier alpha value is -2.70. The van der Waals surface area contributed by atoms with Gasteiger partial charge in [0.2, 0.25) is 0 Å². The van der Waals surface area contributed by atoms with Crippen LogP contribution in [0.15, 0.2) is 41.2 Å². The van der Waals surface area contributed by atoms with Gasteiger partial charge >= 0.3 is 6.09 Å². The summed E-state index contributed by atoms with van der Waals surface area (Å²) in [5, 5.41) is 2.90. The smallest absolute Gasteiger partial charge is 0.434 e. The van der Waals surface area contributed by atoms with Gasteiger partial charge in [0.1, 0.15) is 11.3 Å². The van der Waals surface area contributed by atoms with Crippen LogP contribution in [0.5, 0.6) is 0 Å². The summed E-state index contributed by atoms with van der Waals surface area (Å²) >= 11 is 0. The Morgan fingerprint density at radius 1 is 1.40 bits per heavy atom. The molecule has 25 heavy (non-hydrogen) atoms. The number of aromatic nitrogens is 1. The largest absolute Gasteiger partial charge is 0.442 e. The molecule has 2 amide bonds. The zero-order valence-corrected chi connectivity index (χ0v) is 14.8. The Kier molecular flexibility index (Phi) is 5.90. The fraction of sp³-hybridized carbons (Fsp3) is 0.444. The van der Waals surface area contributed by atoms with Crippen LogP contribution < -0.4 is 11.1 Å². The SMILES string of the molecule is CC(C)(C)OC(=O)/N=C1\CCCC(NC(=O)c2ccccn2)\C1=C\N. The van der Waals surface area contributed by atoms with Gasteiger partial charge in [0.25, 0.3) is 5.91 Å². The van der Waals surface area contributed by atoms with Gasteiger partial charge in [-0.3, -0.25) is 9.78 Å². The van der Waals surface area contributed by atoms with E-state index in [4.69, 9.17) is 10.5 Å². The fourth-order valence-electron chi connectivity index (χ4n) is 2.58. The summed E-state index contributed by atoms with van der Waals surface area (Å²) in [5.41, 5.74) is 6.64. The molecule has 3 N–H and O–H groups in total. The Morgan fingerprint density at radius 3 is 2.76 bits per heavy atom. The first-order valence-corrected chi connectivity index (χ1v) is 8.25. The summed E-state index contributed by atoms with van der Waals surface area (Å²) in [7, 11) is 0. The number of nitrogens with zero attached hydrogens (tertiary/aromatic N) is 2. The number of carbonyl (C=O) groups excluding carboxylic acids is 2. The van der Waals surface area contributed by atoms with E-state index in [0.29, 0.717) is 23.4 Å². The van der Waals surface area contributed by atoms with Gasteiger partial charge in [0.15, 0.2) is 0 Å². The maximum atomic E-state index is 12.3. The number of carbonyl (C=O) groups is 2. The molecule has 1 atom stereocenters. The first-order chi connectivity index (χ1) is 11.8. The number of nitrogens with one attached hydrogen (secondary N) is 1. The molecule has 1 heterocycles. The van der Waals surface area contributed by atoms with Gasteiger partial charge in [-0.1, -0.05) is 6.07 Å². The lowest BCUT2D eigenvalue weighted by Crippen LogP contribution is -2.41. The average molecular weight is 344 g/mol. The van der Waals surface area contributed by atoms with Crippen molar-refractivity contribution >= 4 is 17.7 Å². The Balaban J connectivity index is 2.13. The highest BCUT2D eigenvalue weighted by Gasteiger charge is 2.27. The second-order valence-electron chi connectivity index (χ2n) is 6.79. The zero-order valence-electron chi connectivity index (χ0n) is 14.8. The lowest BCUT2D eigenvalue weighted by molar-refractivity contribution is 0.0603. The maximum Gasteiger partial charge on any atom is 0.434 e. The maximum absolute atomic E-state index is 12.3. The van der Waals surface area contributed by atoms with Gasteiger partial charge in [-0.2, -0.15) is 4.99 Å². The molecule has 1 aromatic rings. The van der Waals surface area contributed by atoms with Crippen LogP contribution in [0.3, 0.4) is 0 Å². The van der Waals surface area contributed by atoms with Crippen molar-refractivity contribution in [2.24, 2.45) is 10.7 Å². The molecule has 1 aliphatic rings. The van der Waals surface area contributed by atoms with Crippen molar-refractivity contribution in [1.29, 1.82) is 0 Å². The second-order valence-corrected chi connectivity index (χ2v) is 6.79. The summed E-state index contributed by atoms with van der Waals surface area (Å²) < 4.78 is 5.23. The molecular weight excluding hydrogens is 320 g/mol. The highest BCUT2D eigenvalue weighted by molar-refractivity contribution is 6.07. The number of nitrogens with two attached hydrogens (primary N) is 1. The number of hydrogen-bond acceptors (Lipinski definition) is 5. The molecule has 134 valence electrons. The summed E-state index contributed by atoms with van der Waals surface area (Å²) in [4.78, 5) is 32.4. The van der Waals surface area contributed by atoms with Gasteiger partial charge in [0.05, 0.1) is 11.8 Å². The van der Waals surface area contributed by atoms with Crippen LogP contribution in [-0.4, -0.2) is 34.3 Å². The lowest BCUT2D eigenvalue weighted by atomic mass is 9.88. The van der Waals surface area contributed by atoms with Crippen LogP contribution in [-0.2, 0) is 4.74 Å². The van der Waals surface area contributed by atoms with Crippen molar-refractivity contribution in [3.05, 3.63) is 41.9 Å². The van der Waals surface area contributed by atoms with E-state index >= 15 is 0 Å². The van der Waals surface area contributed by atoms with E-state index in [1.165, 1.54) is 6.20 Å². The lowest BCUT2D eigenvalue weighted by Gasteiger charge is -2.27. The minimum Gasteiger partial charge on any atom is -0.442 e. The van der Waals surface area contributed by atoms with Gasteiger partial charge in [-0.25, -0.2) is 4.79 Å². The molecule has 1 fully saturated rings. The molecule has 0 radical (unpaired) electrons. The van der Waals surface area contributed by atoms with Gasteiger partial charge in [-0.15, -0.1) is 0 Å². The van der Waals surface area contributed by atoms with E-state index in [9.17, 15) is 9.59 Å². The minimum atomic E-state index is -0.654. The molecule has 1 unspecified atom stereocenters. The van der Waals surface area contributed by atoms with Crippen molar-refractivity contribution in [2.75, 3.05) is 0 Å². The summed E-state index contributed by atoms with van der Waals surface area (Å²) in [5.74, 6) is -0.288. The van der Waals surface area contributed by atoms with E-state index < -0.39 is 11.7 Å². The third-order valence-corrected chi connectivity index (χ3v) is 3.62. The third kappa shape index (κ3) is 5.41. The number of pyridine rings is 1. The molecule has 0 bridgehead atoms. The molecule has 7 heteroatoms. The quantitative estimate of drug-likeness (QED) is 0.857. The van der Waals surface area contributed by atoms with Crippen LogP contribution >= 0.6 is 0 Å². The summed E-state index contributed by atoms with van der Waals surface area (Å²) in [6.07, 6.45) is 4.41. The molecular formula is C18H24N4O3. The Labute approximate surface area is 147 Å². The second kappa shape index (κ2) is 7.92. The topological polar surface area (TPSA) is 107 Å². The monoisotopic (exact) mass is 344 g/mol. The fourth-order valence-corrected chi connectivity index (χ4v) is 2.58. The molecule has 2 rings (SSSR count). The average Bonchev–Trinajstić information content (AvgIpc) is 2.54. The van der Waals surface area contributed by atoms with Crippen LogP contribution in [0.2, 0.25) is 0 Å². The van der Waals surface area contributed by atoms with Crippen LogP contribution in [0, 0.1) is 0 Å². The molecule has 1 aromatic heterocycles. The zero-order chi connectivity index (χ0) is 18.4. The van der Waals surface area contributed by atoms with E-state index in [2.05, 4.69) is 15.3 Å². The van der Waals surface area contributed by atoms with Crippen molar-refractivity contribution in [3.63, 3.8) is 0 Å². The van der Waals surface area contributed by atoms with E-state index in [1.807, 2.05) is 0 Å². The number of amides is 2. The van der Waals surface area contributed by atoms with Crippen molar-refractivity contribution in [3.8, 4) is 0 Å². The van der Waals surface area contributed by atoms with E-state index in [-0.39, 0.29) is 11.9 Å². The van der Waals surface area contributed by atoms with Crippen LogP contribution in [0.4, 0.5) is 4.79 Å².